The van der Waals surface area contributed by atoms with E-state index in [0.717, 1.165) is 17.2 Å². The quantitative estimate of drug-likeness (QED) is 0.381. The first-order chi connectivity index (χ1) is 16.0. The second-order valence-corrected chi connectivity index (χ2v) is 9.78. The third-order valence-corrected chi connectivity index (χ3v) is 7.03. The summed E-state index contributed by atoms with van der Waals surface area (Å²) >= 11 is 0. The lowest BCUT2D eigenvalue weighted by atomic mass is 10.1. The Hall–Kier alpha value is -3.03. The number of rotatable bonds is 7. The van der Waals surface area contributed by atoms with Crippen LogP contribution in [0.3, 0.4) is 0 Å². The molecule has 190 valence electrons. The van der Waals surface area contributed by atoms with Crippen LogP contribution in [0.2, 0.25) is 0 Å². The van der Waals surface area contributed by atoms with Gasteiger partial charge in [0, 0.05) is 31.7 Å². The van der Waals surface area contributed by atoms with Crippen molar-refractivity contribution in [1.29, 1.82) is 0 Å². The molecule has 2 amide bonds. The molecule has 1 aliphatic rings. The standard InChI is InChI=1S/C22H26N4O7S.ClH/c1-13-9-14(2)11-16(10-13)33-17-4-3-15(20(27)25-21(28)19(23)22(29)30)12-18(17)34(31,32)26-7-5-24-6-8-26;/h3-4,9-12,19,24H,5-8,23H2,1-2H3,(H,29,30)(H,25,27,28);1H/t19-;/m1./s1. The first kappa shape index (κ1) is 28.2. The minimum Gasteiger partial charge on any atom is -0.480 e. The van der Waals surface area contributed by atoms with Gasteiger partial charge >= 0.3 is 5.97 Å². The van der Waals surface area contributed by atoms with Gasteiger partial charge in [-0.25, -0.2) is 13.2 Å². The molecule has 35 heavy (non-hydrogen) atoms. The fraction of sp³-hybridized carbons (Fsp3) is 0.318. The van der Waals surface area contributed by atoms with Gasteiger partial charge in [-0.05, 0) is 55.3 Å². The first-order valence-electron chi connectivity index (χ1n) is 10.4. The number of ether oxygens (including phenoxy) is 1. The van der Waals surface area contributed by atoms with Gasteiger partial charge in [0.15, 0.2) is 6.04 Å². The van der Waals surface area contributed by atoms with Crippen molar-refractivity contribution in [3.8, 4) is 11.5 Å². The van der Waals surface area contributed by atoms with E-state index in [1.807, 2.05) is 25.2 Å². The van der Waals surface area contributed by atoms with Crippen LogP contribution in [-0.2, 0) is 19.6 Å². The van der Waals surface area contributed by atoms with Crippen molar-refractivity contribution in [3.05, 3.63) is 53.1 Å². The van der Waals surface area contributed by atoms with Gasteiger partial charge in [-0.3, -0.25) is 14.9 Å². The maximum atomic E-state index is 13.4. The molecule has 1 aliphatic heterocycles. The van der Waals surface area contributed by atoms with Gasteiger partial charge in [-0.15, -0.1) is 12.4 Å². The number of carbonyl (C=O) groups is 3. The summed E-state index contributed by atoms with van der Waals surface area (Å²) < 4.78 is 34.1. The number of nitrogens with two attached hydrogens (primary N) is 1. The molecule has 0 aliphatic carbocycles. The Bertz CT molecular complexity index is 1210. The molecule has 1 atom stereocenters. The lowest BCUT2D eigenvalue weighted by molar-refractivity contribution is -0.142. The molecular formula is C22H27ClN4O7S. The van der Waals surface area contributed by atoms with Crippen LogP contribution in [0, 0.1) is 13.8 Å². The Kier molecular flexibility index (Phi) is 9.35. The van der Waals surface area contributed by atoms with Gasteiger partial charge in [0.1, 0.15) is 16.4 Å². The molecule has 2 aromatic carbocycles. The van der Waals surface area contributed by atoms with Crippen molar-refractivity contribution in [3.63, 3.8) is 0 Å². The number of nitrogens with zero attached hydrogens (tertiary/aromatic N) is 1. The zero-order valence-electron chi connectivity index (χ0n) is 19.1. The summed E-state index contributed by atoms with van der Waals surface area (Å²) in [5.41, 5.74) is 6.90. The summed E-state index contributed by atoms with van der Waals surface area (Å²) in [5, 5.41) is 13.8. The number of aliphatic carboxylic acids is 1. The van der Waals surface area contributed by atoms with Crippen molar-refractivity contribution in [1.82, 2.24) is 14.9 Å². The highest BCUT2D eigenvalue weighted by molar-refractivity contribution is 7.89. The highest BCUT2D eigenvalue weighted by Gasteiger charge is 2.31. The Morgan fingerprint density at radius 2 is 1.69 bits per heavy atom. The van der Waals surface area contributed by atoms with E-state index in [1.54, 1.807) is 12.1 Å². The molecule has 0 unspecified atom stereocenters. The van der Waals surface area contributed by atoms with Crippen molar-refractivity contribution >= 4 is 40.2 Å². The number of carboxylic acid groups (broad SMARTS) is 1. The molecule has 0 bridgehead atoms. The Labute approximate surface area is 209 Å². The number of imide groups is 1. The molecule has 13 heteroatoms. The van der Waals surface area contributed by atoms with Crippen LogP contribution in [0.1, 0.15) is 21.5 Å². The Morgan fingerprint density at radius 1 is 1.09 bits per heavy atom. The zero-order valence-corrected chi connectivity index (χ0v) is 20.7. The smallest absolute Gasteiger partial charge is 0.330 e. The molecule has 0 aromatic heterocycles. The van der Waals surface area contributed by atoms with Crippen LogP contribution >= 0.6 is 12.4 Å². The van der Waals surface area contributed by atoms with Gasteiger partial charge in [0.2, 0.25) is 10.0 Å². The van der Waals surface area contributed by atoms with Crippen LogP contribution in [-0.4, -0.2) is 67.8 Å². The molecule has 1 fully saturated rings. The monoisotopic (exact) mass is 526 g/mol. The van der Waals surface area contributed by atoms with Crippen molar-refractivity contribution in [2.24, 2.45) is 5.73 Å². The van der Waals surface area contributed by atoms with E-state index in [9.17, 15) is 22.8 Å². The van der Waals surface area contributed by atoms with E-state index in [-0.39, 0.29) is 41.7 Å². The molecule has 3 rings (SSSR count). The summed E-state index contributed by atoms with van der Waals surface area (Å²) in [6, 6.07) is 7.20. The first-order valence-corrected chi connectivity index (χ1v) is 11.9. The predicted molar refractivity (Wildman–Crippen MR) is 129 cm³/mol. The van der Waals surface area contributed by atoms with Gasteiger partial charge in [-0.1, -0.05) is 6.07 Å². The van der Waals surface area contributed by atoms with Crippen LogP contribution in [0.5, 0.6) is 11.5 Å². The van der Waals surface area contributed by atoms with E-state index in [1.165, 1.54) is 16.4 Å². The van der Waals surface area contributed by atoms with E-state index in [0.29, 0.717) is 18.8 Å². The molecule has 0 radical (unpaired) electrons. The minimum absolute atomic E-state index is 0. The van der Waals surface area contributed by atoms with E-state index >= 15 is 0 Å². The maximum Gasteiger partial charge on any atom is 0.330 e. The molecule has 0 spiro atoms. The van der Waals surface area contributed by atoms with Gasteiger partial charge in [0.25, 0.3) is 11.8 Å². The number of sulfonamides is 1. The van der Waals surface area contributed by atoms with Gasteiger partial charge in [-0.2, -0.15) is 4.31 Å². The number of carboxylic acids is 1. The summed E-state index contributed by atoms with van der Waals surface area (Å²) in [4.78, 5) is 35.1. The largest absolute Gasteiger partial charge is 0.480 e. The molecule has 1 heterocycles. The highest BCUT2D eigenvalue weighted by Crippen LogP contribution is 2.33. The second-order valence-electron chi connectivity index (χ2n) is 7.88. The number of piperazine rings is 1. The Morgan fingerprint density at radius 3 is 2.26 bits per heavy atom. The second kappa shape index (κ2) is 11.6. The summed E-state index contributed by atoms with van der Waals surface area (Å²) in [7, 11) is -4.06. The van der Waals surface area contributed by atoms with Crippen LogP contribution in [0.25, 0.3) is 0 Å². The minimum atomic E-state index is -4.06. The number of aryl methyl sites for hydroxylation is 2. The van der Waals surface area contributed by atoms with Crippen LogP contribution in [0.4, 0.5) is 0 Å². The van der Waals surface area contributed by atoms with E-state index in [2.05, 4.69) is 5.32 Å². The SMILES string of the molecule is Cc1cc(C)cc(Oc2ccc(C(=O)NC(=O)[C@@H](N)C(=O)O)cc2S(=O)(=O)N2CCNCC2)c1.Cl. The number of nitrogens with one attached hydrogen (secondary N) is 2. The summed E-state index contributed by atoms with van der Waals surface area (Å²) in [5.74, 6) is -3.39. The molecule has 2 aromatic rings. The summed E-state index contributed by atoms with van der Waals surface area (Å²) in [6.45, 7) is 5.15. The van der Waals surface area contributed by atoms with E-state index in [4.69, 9.17) is 15.6 Å². The third-order valence-electron chi connectivity index (χ3n) is 5.11. The lowest BCUT2D eigenvalue weighted by Gasteiger charge is -2.27. The Balaban J connectivity index is 0.00000432. The number of amides is 2. The number of carbonyl (C=O) groups excluding carboxylic acids is 2. The number of hydrogen-bond acceptors (Lipinski definition) is 8. The molecule has 11 nitrogen and oxygen atoms in total. The van der Waals surface area contributed by atoms with Gasteiger partial charge < -0.3 is 20.9 Å². The number of benzene rings is 2. The zero-order chi connectivity index (χ0) is 25.0. The maximum absolute atomic E-state index is 13.4. The van der Waals surface area contributed by atoms with Crippen LogP contribution in [0.15, 0.2) is 41.3 Å². The number of halogens is 1. The molecular weight excluding hydrogens is 500 g/mol. The van der Waals surface area contributed by atoms with Gasteiger partial charge in [0.05, 0.1) is 0 Å². The van der Waals surface area contributed by atoms with Crippen LogP contribution < -0.4 is 21.1 Å². The average molecular weight is 527 g/mol. The van der Waals surface area contributed by atoms with Crippen molar-refractivity contribution in [2.75, 3.05) is 26.2 Å². The predicted octanol–water partition coefficient (Wildman–Crippen LogP) is 0.780. The van der Waals surface area contributed by atoms with Crippen molar-refractivity contribution < 1.29 is 32.6 Å². The lowest BCUT2D eigenvalue weighted by Crippen LogP contribution is -2.48. The summed E-state index contributed by atoms with van der Waals surface area (Å²) in [6.07, 6.45) is 0. The third kappa shape index (κ3) is 6.77. The molecule has 1 saturated heterocycles. The fourth-order valence-electron chi connectivity index (χ4n) is 3.45. The number of hydrogen-bond donors (Lipinski definition) is 4. The highest BCUT2D eigenvalue weighted by atomic mass is 35.5. The van der Waals surface area contributed by atoms with E-state index < -0.39 is 33.8 Å². The molecule has 0 saturated carbocycles. The van der Waals surface area contributed by atoms with Crippen molar-refractivity contribution in [2.45, 2.75) is 24.8 Å². The topological polar surface area (TPSA) is 168 Å². The fourth-order valence-corrected chi connectivity index (χ4v) is 5.03. The molecule has 5 N–H and O–H groups in total. The normalized spacial score (nSPS) is 14.9. The average Bonchev–Trinajstić information content (AvgIpc) is 2.78.